The number of rotatable bonds is 3. The van der Waals surface area contributed by atoms with E-state index in [1.165, 1.54) is 18.3 Å². The van der Waals surface area contributed by atoms with Crippen LogP contribution in [0.5, 0.6) is 0 Å². The third-order valence-corrected chi connectivity index (χ3v) is 2.84. The molecule has 0 unspecified atom stereocenters. The van der Waals surface area contributed by atoms with Crippen LogP contribution in [-0.2, 0) is 0 Å². The van der Waals surface area contributed by atoms with Crippen molar-refractivity contribution in [1.82, 2.24) is 4.98 Å². The van der Waals surface area contributed by atoms with Crippen LogP contribution in [0.1, 0.15) is 5.56 Å². The summed E-state index contributed by atoms with van der Waals surface area (Å²) in [4.78, 5) is 4.02. The topological polar surface area (TPSA) is 48.8 Å². The fourth-order valence-corrected chi connectivity index (χ4v) is 1.83. The first-order chi connectivity index (χ1) is 8.20. The number of halogens is 2. The average molecular weight is 294 g/mol. The van der Waals surface area contributed by atoms with Crippen LogP contribution in [0.25, 0.3) is 0 Å². The van der Waals surface area contributed by atoms with Gasteiger partial charge in [-0.15, -0.1) is 0 Å². The van der Waals surface area contributed by atoms with E-state index in [9.17, 15) is 4.39 Å². The molecule has 2 N–H and O–H groups in total. The number of nitrogens with zero attached hydrogens (tertiary/aromatic N) is 1. The Morgan fingerprint density at radius 2 is 1.94 bits per heavy atom. The Hall–Kier alpha value is -1.75. The van der Waals surface area contributed by atoms with Gasteiger partial charge in [0, 0.05) is 28.1 Å². The minimum absolute atomic E-state index is 0.282. The predicted molar refractivity (Wildman–Crippen MR) is 69.5 cm³/mol. The van der Waals surface area contributed by atoms with Gasteiger partial charge in [0.2, 0.25) is 0 Å². The number of anilines is 2. The van der Waals surface area contributed by atoms with Gasteiger partial charge in [-0.3, -0.25) is 4.98 Å². The second-order valence-electron chi connectivity index (χ2n) is 3.36. The van der Waals surface area contributed by atoms with Gasteiger partial charge in [-0.25, -0.2) is 4.39 Å². The lowest BCUT2D eigenvalue weighted by atomic mass is 10.2. The molecule has 3 nitrogen and oxygen atoms in total. The largest absolute Gasteiger partial charge is 0.354 e. The van der Waals surface area contributed by atoms with Gasteiger partial charge in [0.1, 0.15) is 5.82 Å². The van der Waals surface area contributed by atoms with Crippen LogP contribution in [0, 0.1) is 11.2 Å². The molecule has 0 atom stereocenters. The normalized spacial score (nSPS) is 10.0. The highest BCUT2D eigenvalue weighted by Gasteiger charge is 2.05. The molecule has 0 aliphatic rings. The zero-order valence-corrected chi connectivity index (χ0v) is 10.3. The second-order valence-corrected chi connectivity index (χ2v) is 4.21. The van der Waals surface area contributed by atoms with Gasteiger partial charge >= 0.3 is 0 Å². The summed E-state index contributed by atoms with van der Waals surface area (Å²) in [7, 11) is 0. The average Bonchev–Trinajstić information content (AvgIpc) is 2.32. The third-order valence-electron chi connectivity index (χ3n) is 2.21. The molecule has 0 aliphatic heterocycles. The van der Waals surface area contributed by atoms with Crippen molar-refractivity contribution >= 4 is 33.5 Å². The molecule has 17 heavy (non-hydrogen) atoms. The maximum Gasteiger partial charge on any atom is 0.123 e. The molecular formula is C12H9BrFN3. The molecular weight excluding hydrogens is 285 g/mol. The Balaban J connectivity index is 2.33. The highest BCUT2D eigenvalue weighted by molar-refractivity contribution is 9.10. The molecule has 0 spiro atoms. The number of hydrogen-bond donors (Lipinski definition) is 2. The van der Waals surface area contributed by atoms with Crippen LogP contribution in [0.3, 0.4) is 0 Å². The van der Waals surface area contributed by atoms with Gasteiger partial charge in [0.15, 0.2) is 0 Å². The Labute approximate surface area is 106 Å². The fraction of sp³-hybridized carbons (Fsp3) is 0. The highest BCUT2D eigenvalue weighted by Crippen LogP contribution is 2.24. The summed E-state index contributed by atoms with van der Waals surface area (Å²) in [6.07, 6.45) is 4.47. The third kappa shape index (κ3) is 2.68. The number of aromatic nitrogens is 1. The van der Waals surface area contributed by atoms with Crippen LogP contribution < -0.4 is 5.32 Å². The SMILES string of the molecule is N=Cc1c(Br)cncc1Nc1ccc(F)cc1. The van der Waals surface area contributed by atoms with Crippen LogP contribution in [0.15, 0.2) is 41.1 Å². The number of nitrogens with one attached hydrogen (secondary N) is 2. The van der Waals surface area contributed by atoms with Gasteiger partial charge in [-0.05, 0) is 40.2 Å². The van der Waals surface area contributed by atoms with Crippen molar-refractivity contribution in [2.24, 2.45) is 0 Å². The Morgan fingerprint density at radius 3 is 2.59 bits per heavy atom. The molecule has 0 bridgehead atoms. The molecule has 1 heterocycles. The maximum atomic E-state index is 12.8. The summed E-state index contributed by atoms with van der Waals surface area (Å²) in [5.74, 6) is -0.282. The summed E-state index contributed by atoms with van der Waals surface area (Å²) in [5, 5.41) is 10.4. The van der Waals surface area contributed by atoms with Gasteiger partial charge in [-0.1, -0.05) is 0 Å². The van der Waals surface area contributed by atoms with Crippen molar-refractivity contribution in [1.29, 1.82) is 5.41 Å². The standard InChI is InChI=1S/C12H9BrFN3/c13-11-6-16-7-12(10(11)5-15)17-9-3-1-8(14)2-4-9/h1-7,15,17H. The number of benzene rings is 1. The van der Waals surface area contributed by atoms with E-state index in [0.717, 1.165) is 10.2 Å². The molecule has 0 amide bonds. The molecule has 0 aliphatic carbocycles. The first-order valence-corrected chi connectivity index (χ1v) is 5.66. The Morgan fingerprint density at radius 1 is 1.24 bits per heavy atom. The quantitative estimate of drug-likeness (QED) is 0.847. The highest BCUT2D eigenvalue weighted by atomic mass is 79.9. The van der Waals surface area contributed by atoms with Gasteiger partial charge < -0.3 is 10.7 Å². The molecule has 0 fully saturated rings. The van der Waals surface area contributed by atoms with Gasteiger partial charge in [-0.2, -0.15) is 0 Å². The van der Waals surface area contributed by atoms with Crippen LogP contribution >= 0.6 is 15.9 Å². The van der Waals surface area contributed by atoms with Crippen molar-refractivity contribution in [2.75, 3.05) is 5.32 Å². The summed E-state index contributed by atoms with van der Waals surface area (Å²) in [6.45, 7) is 0. The van der Waals surface area contributed by atoms with E-state index in [2.05, 4.69) is 26.2 Å². The van der Waals surface area contributed by atoms with Crippen molar-refractivity contribution < 1.29 is 4.39 Å². The minimum Gasteiger partial charge on any atom is -0.354 e. The smallest absolute Gasteiger partial charge is 0.123 e. The zero-order chi connectivity index (χ0) is 12.3. The summed E-state index contributed by atoms with van der Waals surface area (Å²) < 4.78 is 13.5. The summed E-state index contributed by atoms with van der Waals surface area (Å²) in [6, 6.07) is 6.00. The van der Waals surface area contributed by atoms with E-state index in [4.69, 9.17) is 5.41 Å². The molecule has 0 radical (unpaired) electrons. The van der Waals surface area contributed by atoms with Gasteiger partial charge in [0.05, 0.1) is 11.9 Å². The van der Waals surface area contributed by atoms with Gasteiger partial charge in [0.25, 0.3) is 0 Å². The first-order valence-electron chi connectivity index (χ1n) is 4.87. The van der Waals surface area contributed by atoms with Crippen LogP contribution in [0.4, 0.5) is 15.8 Å². The molecule has 0 saturated carbocycles. The van der Waals surface area contributed by atoms with Crippen molar-refractivity contribution in [3.63, 3.8) is 0 Å². The second kappa shape index (κ2) is 5.05. The Bertz CT molecular complexity index is 540. The summed E-state index contributed by atoms with van der Waals surface area (Å²) in [5.41, 5.74) is 2.14. The predicted octanol–water partition coefficient (Wildman–Crippen LogP) is 3.72. The molecule has 0 saturated heterocycles. The minimum atomic E-state index is -0.282. The van der Waals surface area contributed by atoms with E-state index in [0.29, 0.717) is 11.3 Å². The summed E-state index contributed by atoms with van der Waals surface area (Å²) >= 11 is 3.32. The number of hydrogen-bond acceptors (Lipinski definition) is 3. The molecule has 86 valence electrons. The molecule has 1 aromatic carbocycles. The molecule has 5 heteroatoms. The number of pyridine rings is 1. The monoisotopic (exact) mass is 293 g/mol. The van der Waals surface area contributed by atoms with Crippen molar-refractivity contribution in [2.45, 2.75) is 0 Å². The lowest BCUT2D eigenvalue weighted by Crippen LogP contribution is -1.97. The molecule has 1 aromatic heterocycles. The van der Waals surface area contributed by atoms with Crippen LogP contribution in [-0.4, -0.2) is 11.2 Å². The van der Waals surface area contributed by atoms with E-state index < -0.39 is 0 Å². The van der Waals surface area contributed by atoms with E-state index >= 15 is 0 Å². The van der Waals surface area contributed by atoms with E-state index in [1.807, 2.05) is 0 Å². The molecule has 2 aromatic rings. The van der Waals surface area contributed by atoms with E-state index in [-0.39, 0.29) is 5.82 Å². The zero-order valence-electron chi connectivity index (χ0n) is 8.74. The van der Waals surface area contributed by atoms with Crippen LogP contribution in [0.2, 0.25) is 0 Å². The van der Waals surface area contributed by atoms with Crippen molar-refractivity contribution in [3.05, 3.63) is 52.5 Å². The molecule has 2 rings (SSSR count). The lowest BCUT2D eigenvalue weighted by Gasteiger charge is -2.09. The van der Waals surface area contributed by atoms with E-state index in [1.54, 1.807) is 24.5 Å². The lowest BCUT2D eigenvalue weighted by molar-refractivity contribution is 0.628. The Kier molecular flexibility index (Phi) is 3.49. The first kappa shape index (κ1) is 11.7. The maximum absolute atomic E-state index is 12.8. The fourth-order valence-electron chi connectivity index (χ4n) is 1.38. The van der Waals surface area contributed by atoms with Crippen molar-refractivity contribution in [3.8, 4) is 0 Å².